The molecular weight excluding hydrogens is 232 g/mol. The molecule has 0 heterocycles. The molecule has 1 fully saturated rings. The second-order valence-electron chi connectivity index (χ2n) is 4.90. The summed E-state index contributed by atoms with van der Waals surface area (Å²) < 4.78 is 0. The van der Waals surface area contributed by atoms with Gasteiger partial charge >= 0.3 is 0 Å². The van der Waals surface area contributed by atoms with Gasteiger partial charge in [0.05, 0.1) is 0 Å². The Balaban J connectivity index is 1.82. The van der Waals surface area contributed by atoms with Crippen molar-refractivity contribution in [1.82, 2.24) is 5.32 Å². The van der Waals surface area contributed by atoms with E-state index in [0.29, 0.717) is 6.04 Å². The van der Waals surface area contributed by atoms with E-state index in [-0.39, 0.29) is 6.04 Å². The lowest BCUT2D eigenvalue weighted by Crippen LogP contribution is -2.36. The highest BCUT2D eigenvalue weighted by atomic mass is 35.5. The van der Waals surface area contributed by atoms with Gasteiger partial charge in [0.15, 0.2) is 0 Å². The van der Waals surface area contributed by atoms with E-state index in [1.165, 1.54) is 32.1 Å². The number of benzene rings is 1. The Hall–Kier alpha value is -0.570. The molecule has 0 radical (unpaired) electrons. The predicted octanol–water partition coefficient (Wildman–Crippen LogP) is 3.26. The zero-order chi connectivity index (χ0) is 12.1. The van der Waals surface area contributed by atoms with Gasteiger partial charge in [0, 0.05) is 23.7 Å². The minimum absolute atomic E-state index is 0.0376. The van der Waals surface area contributed by atoms with Crippen molar-refractivity contribution in [3.05, 3.63) is 34.9 Å². The van der Waals surface area contributed by atoms with Crippen molar-refractivity contribution in [3.63, 3.8) is 0 Å². The van der Waals surface area contributed by atoms with Crippen molar-refractivity contribution in [2.75, 3.05) is 6.54 Å². The highest BCUT2D eigenvalue weighted by Crippen LogP contribution is 2.19. The Morgan fingerprint density at radius 2 is 2.06 bits per heavy atom. The zero-order valence-electron chi connectivity index (χ0n) is 10.2. The minimum atomic E-state index is 0.0376. The van der Waals surface area contributed by atoms with Crippen LogP contribution in [0.3, 0.4) is 0 Å². The summed E-state index contributed by atoms with van der Waals surface area (Å²) in [6.45, 7) is 0.838. The van der Waals surface area contributed by atoms with E-state index >= 15 is 0 Å². The highest BCUT2D eigenvalue weighted by Gasteiger charge is 2.14. The molecule has 0 aliphatic heterocycles. The Morgan fingerprint density at radius 3 is 2.76 bits per heavy atom. The van der Waals surface area contributed by atoms with Gasteiger partial charge in [0.1, 0.15) is 0 Å². The van der Waals surface area contributed by atoms with Crippen molar-refractivity contribution >= 4 is 11.6 Å². The van der Waals surface area contributed by atoms with E-state index in [1.54, 1.807) is 0 Å². The molecule has 94 valence electrons. The summed E-state index contributed by atoms with van der Waals surface area (Å²) >= 11 is 5.96. The van der Waals surface area contributed by atoms with Gasteiger partial charge in [-0.15, -0.1) is 0 Å². The van der Waals surface area contributed by atoms with Crippen molar-refractivity contribution in [1.29, 1.82) is 0 Å². The molecule has 0 saturated heterocycles. The molecule has 17 heavy (non-hydrogen) atoms. The number of hydrogen-bond donors (Lipinski definition) is 2. The largest absolute Gasteiger partial charge is 0.323 e. The molecule has 0 spiro atoms. The summed E-state index contributed by atoms with van der Waals surface area (Å²) in [5, 5.41) is 4.33. The predicted molar refractivity (Wildman–Crippen MR) is 73.3 cm³/mol. The van der Waals surface area contributed by atoms with Gasteiger partial charge in [0.2, 0.25) is 0 Å². The Kier molecular flexibility index (Phi) is 4.84. The zero-order valence-corrected chi connectivity index (χ0v) is 10.9. The van der Waals surface area contributed by atoms with Crippen molar-refractivity contribution < 1.29 is 0 Å². The van der Waals surface area contributed by atoms with Crippen LogP contribution < -0.4 is 11.1 Å². The van der Waals surface area contributed by atoms with Crippen LogP contribution in [0, 0.1) is 0 Å². The van der Waals surface area contributed by atoms with Gasteiger partial charge in [-0.1, -0.05) is 43.0 Å². The van der Waals surface area contributed by atoms with Crippen LogP contribution in [-0.2, 0) is 0 Å². The molecule has 0 unspecified atom stereocenters. The molecule has 2 nitrogen and oxygen atoms in total. The first-order valence-electron chi connectivity index (χ1n) is 6.50. The third kappa shape index (κ3) is 3.98. The van der Waals surface area contributed by atoms with Crippen LogP contribution >= 0.6 is 11.6 Å². The molecule has 1 aromatic rings. The molecule has 0 bridgehead atoms. The first kappa shape index (κ1) is 12.9. The number of rotatable bonds is 4. The van der Waals surface area contributed by atoms with Crippen LogP contribution in [0.5, 0.6) is 0 Å². The quantitative estimate of drug-likeness (QED) is 0.863. The summed E-state index contributed by atoms with van der Waals surface area (Å²) in [5.74, 6) is 0. The molecule has 3 heteroatoms. The minimum Gasteiger partial charge on any atom is -0.323 e. The Morgan fingerprint density at radius 1 is 1.29 bits per heavy atom. The van der Waals surface area contributed by atoms with Crippen LogP contribution in [0.2, 0.25) is 5.02 Å². The van der Waals surface area contributed by atoms with Gasteiger partial charge < -0.3 is 11.1 Å². The van der Waals surface area contributed by atoms with E-state index in [0.717, 1.165) is 17.1 Å². The van der Waals surface area contributed by atoms with Gasteiger partial charge in [-0.25, -0.2) is 0 Å². The van der Waals surface area contributed by atoms with Crippen LogP contribution in [0.4, 0.5) is 0 Å². The van der Waals surface area contributed by atoms with Gasteiger partial charge in [-0.05, 0) is 30.5 Å². The maximum Gasteiger partial charge on any atom is 0.0422 e. The third-order valence-electron chi connectivity index (χ3n) is 3.51. The van der Waals surface area contributed by atoms with Crippen LogP contribution in [0.1, 0.15) is 43.7 Å². The van der Waals surface area contributed by atoms with Crippen molar-refractivity contribution in [2.24, 2.45) is 5.73 Å². The van der Waals surface area contributed by atoms with E-state index < -0.39 is 0 Å². The SMILES string of the molecule is N[C@@H](CNC1CCCCC1)c1cccc(Cl)c1. The second-order valence-corrected chi connectivity index (χ2v) is 5.34. The second kappa shape index (κ2) is 6.39. The normalized spacial score (nSPS) is 19.2. The average Bonchev–Trinajstić information content (AvgIpc) is 2.37. The molecule has 1 saturated carbocycles. The Labute approximate surface area is 109 Å². The van der Waals surface area contributed by atoms with Gasteiger partial charge in [0.25, 0.3) is 0 Å². The molecule has 0 amide bonds. The number of hydrogen-bond acceptors (Lipinski definition) is 2. The fourth-order valence-corrected chi connectivity index (χ4v) is 2.65. The van der Waals surface area contributed by atoms with Crippen LogP contribution in [0.15, 0.2) is 24.3 Å². The maximum atomic E-state index is 6.16. The molecule has 1 aromatic carbocycles. The fourth-order valence-electron chi connectivity index (χ4n) is 2.46. The first-order chi connectivity index (χ1) is 8.25. The molecule has 1 aliphatic carbocycles. The smallest absolute Gasteiger partial charge is 0.0422 e. The van der Waals surface area contributed by atoms with E-state index in [9.17, 15) is 0 Å². The molecule has 2 rings (SSSR count). The van der Waals surface area contributed by atoms with E-state index in [2.05, 4.69) is 5.32 Å². The third-order valence-corrected chi connectivity index (χ3v) is 3.74. The number of halogens is 1. The molecular formula is C14H21ClN2. The van der Waals surface area contributed by atoms with Crippen molar-refractivity contribution in [3.8, 4) is 0 Å². The molecule has 0 aromatic heterocycles. The van der Waals surface area contributed by atoms with E-state index in [1.807, 2.05) is 24.3 Å². The van der Waals surface area contributed by atoms with E-state index in [4.69, 9.17) is 17.3 Å². The van der Waals surface area contributed by atoms with Crippen molar-refractivity contribution in [2.45, 2.75) is 44.2 Å². The molecule has 1 aliphatic rings. The Bertz CT molecular complexity index is 348. The fraction of sp³-hybridized carbons (Fsp3) is 0.571. The van der Waals surface area contributed by atoms with Gasteiger partial charge in [-0.2, -0.15) is 0 Å². The summed E-state index contributed by atoms with van der Waals surface area (Å²) in [6.07, 6.45) is 6.68. The lowest BCUT2D eigenvalue weighted by molar-refractivity contribution is 0.366. The maximum absolute atomic E-state index is 6.16. The first-order valence-corrected chi connectivity index (χ1v) is 6.88. The topological polar surface area (TPSA) is 38.0 Å². The standard InChI is InChI=1S/C14H21ClN2/c15-12-6-4-5-11(9-12)14(16)10-17-13-7-2-1-3-8-13/h4-6,9,13-14,17H,1-3,7-8,10,16H2/t14-/m0/s1. The number of nitrogens with two attached hydrogens (primary N) is 1. The lowest BCUT2D eigenvalue weighted by Gasteiger charge is -2.24. The average molecular weight is 253 g/mol. The molecule has 1 atom stereocenters. The lowest BCUT2D eigenvalue weighted by atomic mass is 9.95. The monoisotopic (exact) mass is 252 g/mol. The summed E-state index contributed by atoms with van der Waals surface area (Å²) in [7, 11) is 0. The van der Waals surface area contributed by atoms with Crippen LogP contribution in [-0.4, -0.2) is 12.6 Å². The number of nitrogens with one attached hydrogen (secondary N) is 1. The molecule has 3 N–H and O–H groups in total. The van der Waals surface area contributed by atoms with Crippen LogP contribution in [0.25, 0.3) is 0 Å². The highest BCUT2D eigenvalue weighted by molar-refractivity contribution is 6.30. The summed E-state index contributed by atoms with van der Waals surface area (Å²) in [5.41, 5.74) is 7.27. The summed E-state index contributed by atoms with van der Waals surface area (Å²) in [6, 6.07) is 8.53. The summed E-state index contributed by atoms with van der Waals surface area (Å²) in [4.78, 5) is 0. The van der Waals surface area contributed by atoms with Gasteiger partial charge in [-0.3, -0.25) is 0 Å².